The maximum atomic E-state index is 11.8. The number of carbonyl (C=O) groups excluding carboxylic acids is 1. The zero-order valence-electron chi connectivity index (χ0n) is 10.8. The van der Waals surface area contributed by atoms with Crippen LogP contribution in [0, 0.1) is 35.3 Å². The minimum atomic E-state index is -0.548. The van der Waals surface area contributed by atoms with Crippen molar-refractivity contribution in [2.75, 3.05) is 0 Å². The molecule has 1 aromatic heterocycles. The Kier molecular flexibility index (Phi) is 4.01. The molecule has 0 aliphatic carbocycles. The van der Waals surface area contributed by atoms with Gasteiger partial charge in [0.05, 0.1) is 4.92 Å². The second kappa shape index (κ2) is 5.30. The van der Waals surface area contributed by atoms with Crippen molar-refractivity contribution in [2.45, 2.75) is 27.3 Å². The van der Waals surface area contributed by atoms with Crippen LogP contribution in [0.4, 0.5) is 5.69 Å². The number of allylic oxidation sites excluding steroid dienone is 2. The highest BCUT2D eigenvalue weighted by Gasteiger charge is 2.23. The van der Waals surface area contributed by atoms with E-state index < -0.39 is 10.7 Å². The van der Waals surface area contributed by atoms with E-state index in [1.807, 2.05) is 0 Å². The molecule has 19 heavy (non-hydrogen) atoms. The zero-order valence-corrected chi connectivity index (χ0v) is 10.8. The number of nitrogens with zero attached hydrogens (tertiary/aromatic N) is 4. The Morgan fingerprint density at radius 1 is 1.58 bits per heavy atom. The fourth-order valence-electron chi connectivity index (χ4n) is 1.69. The molecule has 0 radical (unpaired) electrons. The lowest BCUT2D eigenvalue weighted by molar-refractivity contribution is -0.386. The number of ketones is 1. The first kappa shape index (κ1) is 14.4. The molecule has 0 amide bonds. The van der Waals surface area contributed by atoms with Crippen molar-refractivity contribution in [3.8, 4) is 6.07 Å². The monoisotopic (exact) mass is 263 g/mol. The largest absolute Gasteiger partial charge is 0.401 e. The van der Waals surface area contributed by atoms with E-state index in [4.69, 9.17) is 11.0 Å². The van der Waals surface area contributed by atoms with Gasteiger partial charge in [0, 0.05) is 5.70 Å². The molecule has 0 bridgehead atoms. The highest BCUT2D eigenvalue weighted by molar-refractivity contribution is 5.99. The first-order valence-electron chi connectivity index (χ1n) is 5.37. The topological polar surface area (TPSA) is 128 Å². The summed E-state index contributed by atoms with van der Waals surface area (Å²) in [7, 11) is 0. The van der Waals surface area contributed by atoms with Gasteiger partial charge >= 0.3 is 5.69 Å². The number of hydrogen-bond donors (Lipinski definition) is 1. The number of nitro groups is 1. The second-order valence-electron chi connectivity index (χ2n) is 4.03. The first-order valence-corrected chi connectivity index (χ1v) is 5.37. The summed E-state index contributed by atoms with van der Waals surface area (Å²) in [4.78, 5) is 22.1. The smallest absolute Gasteiger partial charge is 0.312 e. The third-order valence-corrected chi connectivity index (χ3v) is 2.60. The van der Waals surface area contributed by atoms with Crippen LogP contribution in [0.25, 0.3) is 0 Å². The lowest BCUT2D eigenvalue weighted by Crippen LogP contribution is -2.17. The summed E-state index contributed by atoms with van der Waals surface area (Å²) in [6.07, 6.45) is 0. The Balaban J connectivity index is 3.13. The molecule has 0 fully saturated rings. The van der Waals surface area contributed by atoms with Gasteiger partial charge in [-0.1, -0.05) is 0 Å². The van der Waals surface area contributed by atoms with Crippen LogP contribution in [0.15, 0.2) is 11.3 Å². The standard InChI is InChI=1S/C11H13N5O3/c1-6(13)9(4-12)10(17)5-15-8(3)11(16(18)19)7(2)14-15/h5,13H2,1-3H3/b9-6-. The van der Waals surface area contributed by atoms with E-state index in [2.05, 4.69) is 5.10 Å². The lowest BCUT2D eigenvalue weighted by Gasteiger charge is -2.03. The minimum absolute atomic E-state index is 0.114. The molecule has 0 atom stereocenters. The van der Waals surface area contributed by atoms with Gasteiger partial charge in [-0.2, -0.15) is 10.4 Å². The predicted octanol–water partition coefficient (Wildman–Crippen LogP) is 0.734. The summed E-state index contributed by atoms with van der Waals surface area (Å²) in [6, 6.07) is 1.72. The van der Waals surface area contributed by atoms with Crippen LogP contribution in [0.5, 0.6) is 0 Å². The van der Waals surface area contributed by atoms with Crippen molar-refractivity contribution in [1.29, 1.82) is 5.26 Å². The molecule has 0 aromatic carbocycles. The molecular formula is C11H13N5O3. The van der Waals surface area contributed by atoms with Crippen molar-refractivity contribution >= 4 is 11.5 Å². The van der Waals surface area contributed by atoms with E-state index in [1.165, 1.54) is 25.5 Å². The van der Waals surface area contributed by atoms with Crippen molar-refractivity contribution in [2.24, 2.45) is 5.73 Å². The normalized spacial score (nSPS) is 11.7. The van der Waals surface area contributed by atoms with Gasteiger partial charge < -0.3 is 5.73 Å². The number of hydrogen-bond acceptors (Lipinski definition) is 6. The molecular weight excluding hydrogens is 250 g/mol. The number of rotatable bonds is 4. The Morgan fingerprint density at radius 2 is 2.16 bits per heavy atom. The van der Waals surface area contributed by atoms with Gasteiger partial charge in [0.2, 0.25) is 0 Å². The van der Waals surface area contributed by atoms with Crippen LogP contribution >= 0.6 is 0 Å². The van der Waals surface area contributed by atoms with E-state index in [9.17, 15) is 14.9 Å². The fraction of sp³-hybridized carbons (Fsp3) is 0.364. The molecule has 0 spiro atoms. The summed E-state index contributed by atoms with van der Waals surface area (Å²) in [5.74, 6) is -0.525. The summed E-state index contributed by atoms with van der Waals surface area (Å²) in [5, 5.41) is 23.6. The number of nitrogens with two attached hydrogens (primary N) is 1. The molecule has 0 saturated heterocycles. The third-order valence-electron chi connectivity index (χ3n) is 2.60. The molecule has 1 heterocycles. The molecule has 2 N–H and O–H groups in total. The van der Waals surface area contributed by atoms with E-state index in [0.29, 0.717) is 0 Å². The second-order valence-corrected chi connectivity index (χ2v) is 4.03. The predicted molar refractivity (Wildman–Crippen MR) is 65.9 cm³/mol. The Morgan fingerprint density at radius 3 is 2.53 bits per heavy atom. The summed E-state index contributed by atoms with van der Waals surface area (Å²) in [5.41, 5.74) is 5.74. The van der Waals surface area contributed by atoms with E-state index in [-0.39, 0.29) is 34.9 Å². The van der Waals surface area contributed by atoms with Gasteiger partial charge in [-0.25, -0.2) is 0 Å². The van der Waals surface area contributed by atoms with Gasteiger partial charge in [0.1, 0.15) is 29.6 Å². The van der Waals surface area contributed by atoms with Crippen LogP contribution in [0.1, 0.15) is 18.3 Å². The molecule has 0 aliphatic rings. The van der Waals surface area contributed by atoms with Gasteiger partial charge in [-0.05, 0) is 20.8 Å². The maximum absolute atomic E-state index is 11.8. The average Bonchev–Trinajstić information content (AvgIpc) is 2.54. The fourth-order valence-corrected chi connectivity index (χ4v) is 1.69. The van der Waals surface area contributed by atoms with Crippen molar-refractivity contribution < 1.29 is 9.72 Å². The molecule has 0 saturated carbocycles. The van der Waals surface area contributed by atoms with Crippen molar-refractivity contribution in [3.63, 3.8) is 0 Å². The quantitative estimate of drug-likeness (QED) is 0.369. The van der Waals surface area contributed by atoms with Crippen LogP contribution in [0.3, 0.4) is 0 Å². The molecule has 1 aromatic rings. The zero-order chi connectivity index (χ0) is 14.7. The molecule has 100 valence electrons. The highest BCUT2D eigenvalue weighted by atomic mass is 16.6. The SMILES string of the molecule is C/C(N)=C(\C#N)C(=O)Cn1nc(C)c([N+](=O)[O-])c1C. The maximum Gasteiger partial charge on any atom is 0.312 e. The van der Waals surface area contributed by atoms with E-state index in [1.54, 1.807) is 6.07 Å². The van der Waals surface area contributed by atoms with Crippen LogP contribution in [-0.2, 0) is 11.3 Å². The molecule has 0 unspecified atom stereocenters. The number of aryl methyl sites for hydroxylation is 1. The number of aromatic nitrogens is 2. The molecule has 1 rings (SSSR count). The van der Waals surface area contributed by atoms with E-state index >= 15 is 0 Å². The molecule has 0 aliphatic heterocycles. The van der Waals surface area contributed by atoms with Crippen LogP contribution < -0.4 is 5.73 Å². The highest BCUT2D eigenvalue weighted by Crippen LogP contribution is 2.21. The summed E-state index contributed by atoms with van der Waals surface area (Å²) < 4.78 is 1.20. The number of nitriles is 1. The number of carbonyl (C=O) groups is 1. The van der Waals surface area contributed by atoms with Gasteiger partial charge in [0.15, 0.2) is 5.78 Å². The van der Waals surface area contributed by atoms with Gasteiger partial charge in [0.25, 0.3) is 0 Å². The molecule has 8 nitrogen and oxygen atoms in total. The van der Waals surface area contributed by atoms with Crippen molar-refractivity contribution in [1.82, 2.24) is 9.78 Å². The lowest BCUT2D eigenvalue weighted by atomic mass is 10.1. The Bertz CT molecular complexity index is 617. The first-order chi connectivity index (χ1) is 8.79. The summed E-state index contributed by atoms with van der Waals surface area (Å²) >= 11 is 0. The van der Waals surface area contributed by atoms with E-state index in [0.717, 1.165) is 0 Å². The van der Waals surface area contributed by atoms with Gasteiger partial charge in [-0.15, -0.1) is 0 Å². The Hall–Kier alpha value is -2.69. The third kappa shape index (κ3) is 2.77. The number of Topliss-reactive ketones (excluding diaryl/α,β-unsaturated/α-hetero) is 1. The van der Waals surface area contributed by atoms with Crippen LogP contribution in [0.2, 0.25) is 0 Å². The Labute approximate surface area is 109 Å². The van der Waals surface area contributed by atoms with Crippen molar-refractivity contribution in [3.05, 3.63) is 32.8 Å². The molecule has 8 heteroatoms. The minimum Gasteiger partial charge on any atom is -0.401 e. The average molecular weight is 263 g/mol. The summed E-state index contributed by atoms with van der Waals surface area (Å²) in [6.45, 7) is 4.18. The van der Waals surface area contributed by atoms with Crippen LogP contribution in [-0.4, -0.2) is 20.5 Å². The van der Waals surface area contributed by atoms with Gasteiger partial charge in [-0.3, -0.25) is 19.6 Å².